The zero-order valence-electron chi connectivity index (χ0n) is 13.7. The van der Waals surface area contributed by atoms with Crippen LogP contribution < -0.4 is 10.6 Å². The number of amides is 2. The van der Waals surface area contributed by atoms with Gasteiger partial charge in [-0.1, -0.05) is 32.1 Å². The van der Waals surface area contributed by atoms with E-state index in [0.717, 1.165) is 25.3 Å². The van der Waals surface area contributed by atoms with E-state index in [-0.39, 0.29) is 23.8 Å². The molecule has 0 radical (unpaired) electrons. The van der Waals surface area contributed by atoms with Crippen molar-refractivity contribution in [3.05, 3.63) is 0 Å². The highest BCUT2D eigenvalue weighted by Gasteiger charge is 2.28. The van der Waals surface area contributed by atoms with Crippen molar-refractivity contribution in [2.75, 3.05) is 20.3 Å². The first kappa shape index (κ1) is 17.3. The molecule has 0 aromatic heterocycles. The molecule has 1 aliphatic heterocycles. The Balaban J connectivity index is 1.71. The molecule has 2 fully saturated rings. The van der Waals surface area contributed by atoms with E-state index in [2.05, 4.69) is 10.6 Å². The van der Waals surface area contributed by atoms with Gasteiger partial charge in [0.1, 0.15) is 0 Å². The molecule has 126 valence electrons. The lowest BCUT2D eigenvalue weighted by Gasteiger charge is -2.23. The number of carbonyl (C=O) groups excluding carboxylic acids is 2. The first-order valence-electron chi connectivity index (χ1n) is 8.75. The second-order valence-electron chi connectivity index (χ2n) is 6.77. The highest BCUT2D eigenvalue weighted by Crippen LogP contribution is 2.27. The molecular weight excluding hydrogens is 280 g/mol. The van der Waals surface area contributed by atoms with Crippen molar-refractivity contribution in [1.82, 2.24) is 10.6 Å². The topological polar surface area (TPSA) is 67.4 Å². The average Bonchev–Trinajstić information content (AvgIpc) is 2.92. The van der Waals surface area contributed by atoms with Gasteiger partial charge in [0.05, 0.1) is 12.6 Å². The van der Waals surface area contributed by atoms with Crippen LogP contribution in [0, 0.1) is 11.8 Å². The number of rotatable bonds is 8. The maximum Gasteiger partial charge on any atom is 0.223 e. The lowest BCUT2D eigenvalue weighted by Crippen LogP contribution is -2.40. The molecule has 1 heterocycles. The lowest BCUT2D eigenvalue weighted by molar-refractivity contribution is -0.125. The Kier molecular flexibility index (Phi) is 7.16. The highest BCUT2D eigenvalue weighted by molar-refractivity contribution is 5.81. The maximum atomic E-state index is 12.2. The Labute approximate surface area is 133 Å². The van der Waals surface area contributed by atoms with Crippen LogP contribution in [0.5, 0.6) is 0 Å². The summed E-state index contributed by atoms with van der Waals surface area (Å²) in [5.41, 5.74) is 0. The van der Waals surface area contributed by atoms with Crippen LogP contribution in [-0.4, -0.2) is 38.1 Å². The van der Waals surface area contributed by atoms with Crippen LogP contribution in [0.25, 0.3) is 0 Å². The van der Waals surface area contributed by atoms with E-state index in [4.69, 9.17) is 4.74 Å². The van der Waals surface area contributed by atoms with Gasteiger partial charge in [-0.3, -0.25) is 9.59 Å². The summed E-state index contributed by atoms with van der Waals surface area (Å²) in [6, 6.07) is -0.0577. The summed E-state index contributed by atoms with van der Waals surface area (Å²) < 4.78 is 5.20. The van der Waals surface area contributed by atoms with Crippen LogP contribution in [0.15, 0.2) is 0 Å². The Hall–Kier alpha value is -1.10. The second kappa shape index (κ2) is 9.13. The number of nitrogens with one attached hydrogen (secondary N) is 2. The molecule has 1 aliphatic carbocycles. The fraction of sp³-hybridized carbons (Fsp3) is 0.882. The summed E-state index contributed by atoms with van der Waals surface area (Å²) in [5.74, 6) is 0.948. The van der Waals surface area contributed by atoms with Crippen LogP contribution in [0.1, 0.15) is 57.8 Å². The summed E-state index contributed by atoms with van der Waals surface area (Å²) >= 11 is 0. The minimum absolute atomic E-state index is 0.0128. The van der Waals surface area contributed by atoms with Crippen molar-refractivity contribution < 1.29 is 14.3 Å². The van der Waals surface area contributed by atoms with Crippen molar-refractivity contribution in [3.8, 4) is 0 Å². The molecule has 2 amide bonds. The van der Waals surface area contributed by atoms with Crippen LogP contribution in [0.3, 0.4) is 0 Å². The van der Waals surface area contributed by atoms with E-state index in [1.807, 2.05) is 0 Å². The summed E-state index contributed by atoms with van der Waals surface area (Å²) in [5, 5.41) is 5.91. The predicted octanol–water partition coefficient (Wildman–Crippen LogP) is 2.00. The van der Waals surface area contributed by atoms with Crippen molar-refractivity contribution in [3.63, 3.8) is 0 Å². The molecule has 5 heteroatoms. The summed E-state index contributed by atoms with van der Waals surface area (Å²) in [6.07, 6.45) is 9.66. The molecule has 2 atom stereocenters. The molecule has 0 spiro atoms. The van der Waals surface area contributed by atoms with Gasteiger partial charge in [0.2, 0.25) is 11.8 Å². The third-order valence-electron chi connectivity index (χ3n) is 4.97. The standard InChI is InChI=1S/C17H30N2O3/c1-22-12-15(11-14-9-10-18-17(14)21)19-16(20)8-7-13-5-3-2-4-6-13/h13-15H,2-12H2,1H3,(H,18,21)(H,19,20)/t14-,15-/m0/s1. The summed E-state index contributed by atoms with van der Waals surface area (Å²) in [4.78, 5) is 23.8. The van der Waals surface area contributed by atoms with Crippen LogP contribution >= 0.6 is 0 Å². The third-order valence-corrected chi connectivity index (χ3v) is 4.97. The van der Waals surface area contributed by atoms with Gasteiger partial charge in [-0.25, -0.2) is 0 Å². The van der Waals surface area contributed by atoms with E-state index in [1.165, 1.54) is 32.1 Å². The van der Waals surface area contributed by atoms with E-state index in [0.29, 0.717) is 19.4 Å². The van der Waals surface area contributed by atoms with E-state index >= 15 is 0 Å². The average molecular weight is 310 g/mol. The molecule has 2 rings (SSSR count). The largest absolute Gasteiger partial charge is 0.383 e. The van der Waals surface area contributed by atoms with Gasteiger partial charge in [0.25, 0.3) is 0 Å². The van der Waals surface area contributed by atoms with Crippen LogP contribution in [0.2, 0.25) is 0 Å². The molecule has 5 nitrogen and oxygen atoms in total. The first-order chi connectivity index (χ1) is 10.7. The lowest BCUT2D eigenvalue weighted by atomic mass is 9.86. The van der Waals surface area contributed by atoms with Crippen LogP contribution in [0.4, 0.5) is 0 Å². The number of hydrogen-bond acceptors (Lipinski definition) is 3. The quantitative estimate of drug-likeness (QED) is 0.720. The molecular formula is C17H30N2O3. The number of carbonyl (C=O) groups is 2. The van der Waals surface area contributed by atoms with Gasteiger partial charge < -0.3 is 15.4 Å². The molecule has 1 saturated heterocycles. The number of ether oxygens (including phenoxy) is 1. The van der Waals surface area contributed by atoms with Crippen molar-refractivity contribution >= 4 is 11.8 Å². The van der Waals surface area contributed by atoms with Gasteiger partial charge in [-0.2, -0.15) is 0 Å². The van der Waals surface area contributed by atoms with Gasteiger partial charge in [0.15, 0.2) is 0 Å². The number of hydrogen-bond donors (Lipinski definition) is 2. The summed E-state index contributed by atoms with van der Waals surface area (Å²) in [6.45, 7) is 1.22. The third kappa shape index (κ3) is 5.59. The van der Waals surface area contributed by atoms with Gasteiger partial charge in [-0.05, 0) is 25.2 Å². The SMILES string of the molecule is COC[C@H](C[C@@H]1CCNC1=O)NC(=O)CCC1CCCCC1. The zero-order chi connectivity index (χ0) is 15.8. The molecule has 2 aliphatic rings. The Morgan fingerprint density at radius 3 is 2.73 bits per heavy atom. The molecule has 22 heavy (non-hydrogen) atoms. The van der Waals surface area contributed by atoms with Crippen molar-refractivity contribution in [1.29, 1.82) is 0 Å². The maximum absolute atomic E-state index is 12.2. The fourth-order valence-electron chi connectivity index (χ4n) is 3.69. The van der Waals surface area contributed by atoms with E-state index < -0.39 is 0 Å². The Morgan fingerprint density at radius 2 is 2.09 bits per heavy atom. The van der Waals surface area contributed by atoms with Gasteiger partial charge >= 0.3 is 0 Å². The molecule has 0 aromatic rings. The molecule has 1 saturated carbocycles. The second-order valence-corrected chi connectivity index (χ2v) is 6.77. The zero-order valence-corrected chi connectivity index (χ0v) is 13.7. The molecule has 0 aromatic carbocycles. The first-order valence-corrected chi connectivity index (χ1v) is 8.75. The Bertz CT molecular complexity index is 367. The highest BCUT2D eigenvalue weighted by atomic mass is 16.5. The van der Waals surface area contributed by atoms with E-state index in [1.54, 1.807) is 7.11 Å². The smallest absolute Gasteiger partial charge is 0.223 e. The molecule has 2 N–H and O–H groups in total. The minimum atomic E-state index is -0.0577. The minimum Gasteiger partial charge on any atom is -0.383 e. The molecule has 0 unspecified atom stereocenters. The monoisotopic (exact) mass is 310 g/mol. The number of methoxy groups -OCH3 is 1. The van der Waals surface area contributed by atoms with Crippen molar-refractivity contribution in [2.45, 2.75) is 63.8 Å². The summed E-state index contributed by atoms with van der Waals surface area (Å²) in [7, 11) is 1.63. The Morgan fingerprint density at radius 1 is 1.32 bits per heavy atom. The predicted molar refractivity (Wildman–Crippen MR) is 85.3 cm³/mol. The van der Waals surface area contributed by atoms with Gasteiger partial charge in [-0.15, -0.1) is 0 Å². The fourth-order valence-corrected chi connectivity index (χ4v) is 3.69. The van der Waals surface area contributed by atoms with Crippen molar-refractivity contribution in [2.24, 2.45) is 11.8 Å². The van der Waals surface area contributed by atoms with Crippen LogP contribution in [-0.2, 0) is 14.3 Å². The molecule has 0 bridgehead atoms. The normalized spacial score (nSPS) is 24.0. The van der Waals surface area contributed by atoms with Gasteiger partial charge in [0, 0.05) is 26.0 Å². The van der Waals surface area contributed by atoms with E-state index in [9.17, 15) is 9.59 Å².